The van der Waals surface area contributed by atoms with Crippen molar-refractivity contribution >= 4 is 57.7 Å². The molecule has 0 unspecified atom stereocenters. The molecule has 2 aliphatic heterocycles. The maximum absolute atomic E-state index is 13.7. The number of piperazine rings is 1. The summed E-state index contributed by atoms with van der Waals surface area (Å²) in [5, 5.41) is 18.1. The summed E-state index contributed by atoms with van der Waals surface area (Å²) in [5.74, 6) is -0.535. The Morgan fingerprint density at radius 2 is 1.92 bits per heavy atom. The molecule has 0 atom stereocenters. The summed E-state index contributed by atoms with van der Waals surface area (Å²) in [6.07, 6.45) is 5.28. The fourth-order valence-electron chi connectivity index (χ4n) is 4.54. The molecular weight excluding hydrogens is 514 g/mol. The molecule has 0 aliphatic carbocycles. The number of carbonyl (C=O) groups excluding carboxylic acids is 1. The van der Waals surface area contributed by atoms with Gasteiger partial charge in [-0.15, -0.1) is 0 Å². The number of anilines is 1. The SMILES string of the molecule is Cc1cccn2c(=O)c(/C=C3/SC(=S)N(CCCCCC(=O)O)C3=O)c(N3CCN(CCO)CC3)nc12. The molecule has 2 aromatic heterocycles. The van der Waals surface area contributed by atoms with E-state index in [4.69, 9.17) is 22.3 Å². The van der Waals surface area contributed by atoms with Crippen LogP contribution in [0.25, 0.3) is 11.7 Å². The van der Waals surface area contributed by atoms with E-state index in [2.05, 4.69) is 9.80 Å². The van der Waals surface area contributed by atoms with Crippen LogP contribution in [-0.2, 0) is 9.59 Å². The van der Waals surface area contributed by atoms with E-state index in [0.29, 0.717) is 71.7 Å². The number of thioether (sulfide) groups is 1. The van der Waals surface area contributed by atoms with E-state index >= 15 is 0 Å². The van der Waals surface area contributed by atoms with Crippen molar-refractivity contribution in [3.05, 3.63) is 44.7 Å². The van der Waals surface area contributed by atoms with E-state index in [1.54, 1.807) is 18.3 Å². The number of thiocarbonyl (C=S) groups is 1. The minimum atomic E-state index is -0.829. The third-order valence-electron chi connectivity index (χ3n) is 6.57. The van der Waals surface area contributed by atoms with Crippen LogP contribution in [0.2, 0.25) is 0 Å². The number of aliphatic hydroxyl groups is 1. The molecule has 10 nitrogen and oxygen atoms in total. The van der Waals surface area contributed by atoms with Gasteiger partial charge in [-0.25, -0.2) is 4.98 Å². The summed E-state index contributed by atoms with van der Waals surface area (Å²) in [6.45, 7) is 5.78. The summed E-state index contributed by atoms with van der Waals surface area (Å²) >= 11 is 6.62. The minimum absolute atomic E-state index is 0.0986. The van der Waals surface area contributed by atoms with Gasteiger partial charge in [0, 0.05) is 51.9 Å². The second kappa shape index (κ2) is 12.2. The largest absolute Gasteiger partial charge is 0.481 e. The zero-order chi connectivity index (χ0) is 26.5. The first-order chi connectivity index (χ1) is 17.8. The molecule has 2 N–H and O–H groups in total. The number of carboxylic acids is 1. The number of nitrogens with zero attached hydrogens (tertiary/aromatic N) is 5. The molecule has 12 heteroatoms. The summed E-state index contributed by atoms with van der Waals surface area (Å²) in [5.41, 5.74) is 1.55. The molecule has 0 radical (unpaired) electrons. The van der Waals surface area contributed by atoms with Crippen molar-refractivity contribution in [2.24, 2.45) is 0 Å². The number of carboxylic acid groups (broad SMARTS) is 1. The van der Waals surface area contributed by atoms with Crippen molar-refractivity contribution in [2.75, 3.05) is 50.8 Å². The summed E-state index contributed by atoms with van der Waals surface area (Å²) in [7, 11) is 0. The number of rotatable bonds is 10. The molecule has 0 spiro atoms. The molecule has 0 saturated carbocycles. The van der Waals surface area contributed by atoms with E-state index in [-0.39, 0.29) is 24.5 Å². The lowest BCUT2D eigenvalue weighted by molar-refractivity contribution is -0.137. The number of aromatic nitrogens is 2. The first kappa shape index (κ1) is 27.2. The zero-order valence-corrected chi connectivity index (χ0v) is 22.4. The summed E-state index contributed by atoms with van der Waals surface area (Å²) in [4.78, 5) is 48.6. The first-order valence-electron chi connectivity index (χ1n) is 12.4. The summed E-state index contributed by atoms with van der Waals surface area (Å²) < 4.78 is 1.94. The quantitative estimate of drug-likeness (QED) is 0.261. The Balaban J connectivity index is 1.63. The van der Waals surface area contributed by atoms with Crippen LogP contribution in [0.4, 0.5) is 5.82 Å². The normalized spacial score (nSPS) is 17.9. The standard InChI is InChI=1S/C25H31N5O5S2/c1-17-6-5-9-29-21(17)26-22(28-12-10-27(11-13-28)14-15-31)18(23(29)34)16-19-24(35)30(25(36)37-19)8-4-2-3-7-20(32)33/h5-6,9,16,31H,2-4,7-8,10-15H2,1H3,(H,32,33)/b19-16+. The van der Waals surface area contributed by atoms with Gasteiger partial charge in [0.15, 0.2) is 0 Å². The van der Waals surface area contributed by atoms with E-state index in [0.717, 1.165) is 18.7 Å². The number of aryl methyl sites for hydroxylation is 1. The lowest BCUT2D eigenvalue weighted by Gasteiger charge is -2.35. The zero-order valence-electron chi connectivity index (χ0n) is 20.8. The van der Waals surface area contributed by atoms with Crippen molar-refractivity contribution in [3.63, 3.8) is 0 Å². The second-order valence-electron chi connectivity index (χ2n) is 9.13. The molecule has 0 aromatic carbocycles. The Morgan fingerprint density at radius 3 is 2.62 bits per heavy atom. The average molecular weight is 546 g/mol. The molecule has 37 heavy (non-hydrogen) atoms. The van der Waals surface area contributed by atoms with Gasteiger partial charge in [-0.2, -0.15) is 0 Å². The van der Waals surface area contributed by atoms with Crippen LogP contribution in [0, 0.1) is 6.92 Å². The topological polar surface area (TPSA) is 119 Å². The monoisotopic (exact) mass is 545 g/mol. The number of aliphatic hydroxyl groups excluding tert-OH is 1. The second-order valence-corrected chi connectivity index (χ2v) is 10.8. The van der Waals surface area contributed by atoms with Gasteiger partial charge in [-0.1, -0.05) is 36.5 Å². The first-order valence-corrected chi connectivity index (χ1v) is 13.6. The highest BCUT2D eigenvalue weighted by atomic mass is 32.2. The third kappa shape index (κ3) is 6.20. The Kier molecular flexibility index (Phi) is 8.95. The van der Waals surface area contributed by atoms with Crippen LogP contribution in [-0.4, -0.2) is 91.5 Å². The number of hydrogen-bond acceptors (Lipinski definition) is 9. The smallest absolute Gasteiger partial charge is 0.303 e. The number of amides is 1. The van der Waals surface area contributed by atoms with E-state index in [1.165, 1.54) is 21.1 Å². The van der Waals surface area contributed by atoms with Crippen LogP contribution < -0.4 is 10.5 Å². The molecule has 0 bridgehead atoms. The molecule has 2 fully saturated rings. The lowest BCUT2D eigenvalue weighted by Crippen LogP contribution is -2.48. The van der Waals surface area contributed by atoms with Gasteiger partial charge < -0.3 is 15.1 Å². The molecule has 2 aromatic rings. The fourth-order valence-corrected chi connectivity index (χ4v) is 5.83. The fraction of sp³-hybridized carbons (Fsp3) is 0.480. The van der Waals surface area contributed by atoms with Crippen LogP contribution in [0.5, 0.6) is 0 Å². The van der Waals surface area contributed by atoms with Gasteiger partial charge in [0.05, 0.1) is 17.1 Å². The van der Waals surface area contributed by atoms with Crippen molar-refractivity contribution in [1.82, 2.24) is 19.2 Å². The predicted molar refractivity (Wildman–Crippen MR) is 148 cm³/mol. The van der Waals surface area contributed by atoms with Crippen molar-refractivity contribution in [2.45, 2.75) is 32.6 Å². The maximum Gasteiger partial charge on any atom is 0.303 e. The average Bonchev–Trinajstić information content (AvgIpc) is 3.13. The number of pyridine rings is 1. The molecule has 198 valence electrons. The predicted octanol–water partition coefficient (Wildman–Crippen LogP) is 1.96. The van der Waals surface area contributed by atoms with Crippen molar-refractivity contribution in [1.29, 1.82) is 0 Å². The molecule has 4 rings (SSSR count). The molecule has 1 amide bonds. The Hall–Kier alpha value is -2.80. The number of fused-ring (bicyclic) bond motifs is 1. The van der Waals surface area contributed by atoms with Crippen LogP contribution in [0.15, 0.2) is 28.0 Å². The molecule has 2 saturated heterocycles. The number of carbonyl (C=O) groups is 2. The number of β-amino-alcohol motifs (C(OH)–C–C–N with tert-alkyl or cyclic N) is 1. The van der Waals surface area contributed by atoms with Gasteiger partial charge in [0.1, 0.15) is 15.8 Å². The third-order valence-corrected chi connectivity index (χ3v) is 7.95. The van der Waals surface area contributed by atoms with Gasteiger partial charge in [-0.3, -0.25) is 28.6 Å². The van der Waals surface area contributed by atoms with Crippen molar-refractivity contribution < 1.29 is 19.8 Å². The number of unbranched alkanes of at least 4 members (excludes halogenated alkanes) is 2. The molecule has 4 heterocycles. The number of hydrogen-bond donors (Lipinski definition) is 2. The minimum Gasteiger partial charge on any atom is -0.481 e. The van der Waals surface area contributed by atoms with Crippen LogP contribution in [0.1, 0.15) is 36.8 Å². The van der Waals surface area contributed by atoms with E-state index < -0.39 is 5.97 Å². The van der Waals surface area contributed by atoms with E-state index in [1.807, 2.05) is 13.0 Å². The van der Waals surface area contributed by atoms with Gasteiger partial charge >= 0.3 is 5.97 Å². The Labute approximate surface area is 224 Å². The van der Waals surface area contributed by atoms with E-state index in [9.17, 15) is 19.5 Å². The van der Waals surface area contributed by atoms with Crippen LogP contribution >= 0.6 is 24.0 Å². The molecule has 2 aliphatic rings. The van der Waals surface area contributed by atoms with Gasteiger partial charge in [0.2, 0.25) is 0 Å². The molecular formula is C25H31N5O5S2. The van der Waals surface area contributed by atoms with Crippen LogP contribution in [0.3, 0.4) is 0 Å². The number of aliphatic carboxylic acids is 1. The highest BCUT2D eigenvalue weighted by molar-refractivity contribution is 8.26. The van der Waals surface area contributed by atoms with Gasteiger partial charge in [-0.05, 0) is 37.5 Å². The Morgan fingerprint density at radius 1 is 1.16 bits per heavy atom. The van der Waals surface area contributed by atoms with Crippen molar-refractivity contribution in [3.8, 4) is 0 Å². The lowest BCUT2D eigenvalue weighted by atomic mass is 10.2. The summed E-state index contributed by atoms with van der Waals surface area (Å²) in [6, 6.07) is 3.71. The van der Waals surface area contributed by atoms with Gasteiger partial charge in [0.25, 0.3) is 11.5 Å². The maximum atomic E-state index is 13.7. The highest BCUT2D eigenvalue weighted by Crippen LogP contribution is 2.34. The highest BCUT2D eigenvalue weighted by Gasteiger charge is 2.33. The Bertz CT molecular complexity index is 1290.